The van der Waals surface area contributed by atoms with E-state index in [-0.39, 0.29) is 23.1 Å². The number of hydrogen-bond donors (Lipinski definition) is 1. The molecule has 1 aromatic heterocycles. The first-order valence-corrected chi connectivity index (χ1v) is 13.8. The molecule has 0 atom stereocenters. The number of thioether (sulfide) groups is 1. The third-order valence-electron chi connectivity index (χ3n) is 5.80. The molecule has 1 N–H and O–H groups in total. The molecule has 1 aliphatic heterocycles. The Labute approximate surface area is 214 Å². The first-order valence-electron chi connectivity index (χ1n) is 11.4. The Bertz CT molecular complexity index is 1530. The molecule has 0 aliphatic carbocycles. The molecule has 0 unspecified atom stereocenters. The summed E-state index contributed by atoms with van der Waals surface area (Å²) in [6.07, 6.45) is 1.35. The standard InChI is InChI=1S/C27H24N4O3S2/c1-19-8-7-11-21(14-19)17-31-23-13-6-5-12-22(23)26-24(36(31,33)34)16-29-27(30-26)35-18-25(32)28-15-20-9-3-2-4-10-20/h2-14,16H,15,17-18H2,1H3,(H,28,32). The Kier molecular flexibility index (Phi) is 6.75. The maximum Gasteiger partial charge on any atom is 0.268 e. The van der Waals surface area contributed by atoms with E-state index >= 15 is 0 Å². The minimum Gasteiger partial charge on any atom is -0.351 e. The van der Waals surface area contributed by atoms with E-state index in [0.29, 0.717) is 28.6 Å². The fraction of sp³-hybridized carbons (Fsp3) is 0.148. The van der Waals surface area contributed by atoms with Crippen LogP contribution in [0.2, 0.25) is 0 Å². The molecule has 1 aliphatic rings. The van der Waals surface area contributed by atoms with Crippen LogP contribution in [0.4, 0.5) is 5.69 Å². The third-order valence-corrected chi connectivity index (χ3v) is 8.42. The smallest absolute Gasteiger partial charge is 0.268 e. The second-order valence-electron chi connectivity index (χ2n) is 8.43. The number of aromatic nitrogens is 2. The van der Waals surface area contributed by atoms with E-state index in [0.717, 1.165) is 16.7 Å². The van der Waals surface area contributed by atoms with Crippen LogP contribution in [-0.4, -0.2) is 30.0 Å². The lowest BCUT2D eigenvalue weighted by Gasteiger charge is -2.31. The molecule has 7 nitrogen and oxygen atoms in total. The molecule has 0 spiro atoms. The third kappa shape index (κ3) is 4.98. The molecule has 0 saturated carbocycles. The molecule has 182 valence electrons. The number of nitrogens with one attached hydrogen (secondary N) is 1. The summed E-state index contributed by atoms with van der Waals surface area (Å²) >= 11 is 1.17. The normalized spacial score (nSPS) is 13.5. The van der Waals surface area contributed by atoms with Gasteiger partial charge >= 0.3 is 0 Å². The van der Waals surface area contributed by atoms with Crippen molar-refractivity contribution >= 4 is 33.4 Å². The SMILES string of the molecule is Cc1cccc(CN2c3ccccc3-c3nc(SCC(=O)NCc4ccccc4)ncc3S2(=O)=O)c1. The van der Waals surface area contributed by atoms with Crippen molar-refractivity contribution in [3.05, 3.63) is 102 Å². The van der Waals surface area contributed by atoms with Gasteiger partial charge in [-0.3, -0.25) is 9.10 Å². The summed E-state index contributed by atoms with van der Waals surface area (Å²) < 4.78 is 28.7. The first kappa shape index (κ1) is 24.0. The van der Waals surface area contributed by atoms with Gasteiger partial charge in [-0.15, -0.1) is 0 Å². The maximum atomic E-state index is 13.6. The quantitative estimate of drug-likeness (QED) is 0.286. The van der Waals surface area contributed by atoms with Gasteiger partial charge in [-0.05, 0) is 24.1 Å². The molecule has 2 heterocycles. The van der Waals surface area contributed by atoms with Crippen LogP contribution in [0.5, 0.6) is 0 Å². The van der Waals surface area contributed by atoms with E-state index < -0.39 is 10.0 Å². The van der Waals surface area contributed by atoms with Crippen molar-refractivity contribution in [3.63, 3.8) is 0 Å². The number of hydrogen-bond acceptors (Lipinski definition) is 6. The second-order valence-corrected chi connectivity index (χ2v) is 11.2. The lowest BCUT2D eigenvalue weighted by atomic mass is 10.1. The van der Waals surface area contributed by atoms with Crippen LogP contribution in [0.15, 0.2) is 95.1 Å². The average Bonchev–Trinajstić information content (AvgIpc) is 2.89. The predicted octanol–water partition coefficient (Wildman–Crippen LogP) is 4.57. The molecular weight excluding hydrogens is 492 g/mol. The van der Waals surface area contributed by atoms with Gasteiger partial charge in [0.25, 0.3) is 10.0 Å². The van der Waals surface area contributed by atoms with Crippen molar-refractivity contribution in [2.75, 3.05) is 10.1 Å². The zero-order valence-electron chi connectivity index (χ0n) is 19.6. The minimum atomic E-state index is -3.87. The van der Waals surface area contributed by atoms with Crippen LogP contribution < -0.4 is 9.62 Å². The van der Waals surface area contributed by atoms with Gasteiger partial charge in [0.1, 0.15) is 4.90 Å². The van der Waals surface area contributed by atoms with Crippen LogP contribution >= 0.6 is 11.8 Å². The number of anilines is 1. The van der Waals surface area contributed by atoms with Crippen molar-refractivity contribution in [3.8, 4) is 11.3 Å². The number of fused-ring (bicyclic) bond motifs is 3. The molecule has 36 heavy (non-hydrogen) atoms. The van der Waals surface area contributed by atoms with Crippen LogP contribution in [-0.2, 0) is 27.9 Å². The van der Waals surface area contributed by atoms with Gasteiger partial charge in [0.2, 0.25) is 5.91 Å². The molecule has 1 amide bonds. The van der Waals surface area contributed by atoms with E-state index in [2.05, 4.69) is 15.3 Å². The zero-order chi connectivity index (χ0) is 25.1. The number of para-hydroxylation sites is 1. The zero-order valence-corrected chi connectivity index (χ0v) is 21.2. The number of carbonyl (C=O) groups is 1. The first-order chi connectivity index (χ1) is 17.4. The topological polar surface area (TPSA) is 92.3 Å². The summed E-state index contributed by atoms with van der Waals surface area (Å²) in [5.74, 6) is -0.0259. The lowest BCUT2D eigenvalue weighted by Crippen LogP contribution is -2.34. The second kappa shape index (κ2) is 10.1. The highest BCUT2D eigenvalue weighted by Crippen LogP contribution is 2.42. The Morgan fingerprint density at radius 3 is 2.53 bits per heavy atom. The average molecular weight is 517 g/mol. The van der Waals surface area contributed by atoms with Crippen LogP contribution in [0.1, 0.15) is 16.7 Å². The maximum absolute atomic E-state index is 13.6. The summed E-state index contributed by atoms with van der Waals surface area (Å²) in [6.45, 7) is 2.62. The van der Waals surface area contributed by atoms with E-state index in [9.17, 15) is 13.2 Å². The van der Waals surface area contributed by atoms with Crippen molar-refractivity contribution in [2.24, 2.45) is 0 Å². The summed E-state index contributed by atoms with van der Waals surface area (Å²) in [5.41, 5.74) is 4.61. The molecule has 4 aromatic rings. The fourth-order valence-corrected chi connectivity index (χ4v) is 6.28. The molecule has 0 bridgehead atoms. The van der Waals surface area contributed by atoms with Gasteiger partial charge in [-0.1, -0.05) is 90.1 Å². The molecular formula is C27H24N4O3S2. The summed E-state index contributed by atoms with van der Waals surface area (Å²) in [4.78, 5) is 21.2. The van der Waals surface area contributed by atoms with Crippen molar-refractivity contribution in [1.82, 2.24) is 15.3 Å². The summed E-state index contributed by atoms with van der Waals surface area (Å²) in [5, 5.41) is 3.22. The Balaban J connectivity index is 1.38. The monoisotopic (exact) mass is 516 g/mol. The highest BCUT2D eigenvalue weighted by atomic mass is 32.2. The highest BCUT2D eigenvalue weighted by Gasteiger charge is 2.36. The molecule has 3 aromatic carbocycles. The lowest BCUT2D eigenvalue weighted by molar-refractivity contribution is -0.118. The summed E-state index contributed by atoms with van der Waals surface area (Å²) in [7, 11) is -3.87. The van der Waals surface area contributed by atoms with Crippen LogP contribution in [0, 0.1) is 6.92 Å². The van der Waals surface area contributed by atoms with Gasteiger partial charge in [-0.25, -0.2) is 18.4 Å². The number of rotatable bonds is 7. The largest absolute Gasteiger partial charge is 0.351 e. The van der Waals surface area contributed by atoms with Gasteiger partial charge < -0.3 is 5.32 Å². The van der Waals surface area contributed by atoms with Crippen molar-refractivity contribution < 1.29 is 13.2 Å². The fourth-order valence-electron chi connectivity index (χ4n) is 4.07. The van der Waals surface area contributed by atoms with Gasteiger partial charge in [0, 0.05) is 12.1 Å². The Hall–Kier alpha value is -3.69. The Morgan fingerprint density at radius 1 is 0.972 bits per heavy atom. The van der Waals surface area contributed by atoms with E-state index in [4.69, 9.17) is 0 Å². The minimum absolute atomic E-state index is 0.0618. The number of amides is 1. The highest BCUT2D eigenvalue weighted by molar-refractivity contribution is 7.99. The van der Waals surface area contributed by atoms with Gasteiger partial charge in [0.15, 0.2) is 5.16 Å². The molecule has 0 radical (unpaired) electrons. The summed E-state index contributed by atoms with van der Waals surface area (Å²) in [6, 6.07) is 24.8. The number of benzene rings is 3. The predicted molar refractivity (Wildman–Crippen MR) is 141 cm³/mol. The number of sulfonamides is 1. The molecule has 0 saturated heterocycles. The van der Waals surface area contributed by atoms with Crippen molar-refractivity contribution in [2.45, 2.75) is 30.1 Å². The van der Waals surface area contributed by atoms with E-state index in [1.165, 1.54) is 22.3 Å². The molecule has 5 rings (SSSR count). The van der Waals surface area contributed by atoms with Crippen molar-refractivity contribution in [1.29, 1.82) is 0 Å². The van der Waals surface area contributed by atoms with E-state index in [1.807, 2.05) is 79.7 Å². The van der Waals surface area contributed by atoms with E-state index in [1.54, 1.807) is 6.07 Å². The van der Waals surface area contributed by atoms with Crippen LogP contribution in [0.25, 0.3) is 11.3 Å². The number of aryl methyl sites for hydroxylation is 1. The Morgan fingerprint density at radius 2 is 1.72 bits per heavy atom. The van der Waals surface area contributed by atoms with Gasteiger partial charge in [-0.2, -0.15) is 0 Å². The molecule has 9 heteroatoms. The number of nitrogens with zero attached hydrogens (tertiary/aromatic N) is 3. The number of carbonyl (C=O) groups excluding carboxylic acids is 1. The van der Waals surface area contributed by atoms with Gasteiger partial charge in [0.05, 0.1) is 29.9 Å². The molecule has 0 fully saturated rings. The van der Waals surface area contributed by atoms with Crippen LogP contribution in [0.3, 0.4) is 0 Å².